The Morgan fingerprint density at radius 2 is 1.57 bits per heavy atom. The maximum Gasteiger partial charge on any atom is 0.328 e. The number of carboxylic acids is 1. The van der Waals surface area contributed by atoms with Crippen LogP contribution < -0.4 is 21.7 Å². The van der Waals surface area contributed by atoms with E-state index in [-0.39, 0.29) is 25.0 Å². The monoisotopic (exact) mass is 599 g/mol. The molecule has 5 unspecified atom stereocenters. The number of nitrogens with one attached hydrogen (secondary N) is 4. The summed E-state index contributed by atoms with van der Waals surface area (Å²) >= 11 is 1.43. The number of thioether (sulfide) groups is 1. The van der Waals surface area contributed by atoms with Gasteiger partial charge in [-0.15, -0.1) is 0 Å². The number of benzene rings is 2. The molecule has 0 spiro atoms. The minimum Gasteiger partial charge on any atom is -0.508 e. The van der Waals surface area contributed by atoms with Gasteiger partial charge in [-0.25, -0.2) is 4.79 Å². The normalized spacial score (nSPS) is 14.8. The van der Waals surface area contributed by atoms with Gasteiger partial charge in [0.05, 0.1) is 12.1 Å². The fourth-order valence-electron chi connectivity index (χ4n) is 4.41. The Labute approximate surface area is 247 Å². The Bertz CT molecular complexity index is 1380. The lowest BCUT2D eigenvalue weighted by Gasteiger charge is -2.26. The third kappa shape index (κ3) is 8.96. The lowest BCUT2D eigenvalue weighted by atomic mass is 10.0. The molecule has 0 radical (unpaired) electrons. The third-order valence-electron chi connectivity index (χ3n) is 6.75. The summed E-state index contributed by atoms with van der Waals surface area (Å²) in [5, 5.41) is 37.2. The van der Waals surface area contributed by atoms with Gasteiger partial charge in [-0.3, -0.25) is 14.4 Å². The number of hydrogen-bond donors (Lipinski definition) is 8. The molecule has 3 amide bonds. The van der Waals surface area contributed by atoms with Crippen LogP contribution in [0.4, 0.5) is 0 Å². The van der Waals surface area contributed by atoms with Gasteiger partial charge >= 0.3 is 5.97 Å². The number of aliphatic hydroxyl groups is 1. The topological polar surface area (TPSA) is 207 Å². The van der Waals surface area contributed by atoms with E-state index in [9.17, 15) is 34.5 Å². The number of H-pyrrole nitrogens is 1. The number of aromatic nitrogens is 1. The highest BCUT2D eigenvalue weighted by molar-refractivity contribution is 7.98. The van der Waals surface area contributed by atoms with Gasteiger partial charge in [0, 0.05) is 23.5 Å². The molecule has 0 saturated carbocycles. The second-order valence-electron chi connectivity index (χ2n) is 10.0. The Balaban J connectivity index is 1.83. The number of aliphatic hydroxyl groups excluding tert-OH is 1. The Kier molecular flexibility index (Phi) is 11.8. The number of carbonyl (C=O) groups excluding carboxylic acids is 3. The van der Waals surface area contributed by atoms with Gasteiger partial charge in [0.15, 0.2) is 6.04 Å². The first-order valence-electron chi connectivity index (χ1n) is 13.4. The van der Waals surface area contributed by atoms with E-state index >= 15 is 0 Å². The van der Waals surface area contributed by atoms with Crippen molar-refractivity contribution in [3.63, 3.8) is 0 Å². The first-order chi connectivity index (χ1) is 20.0. The lowest BCUT2D eigenvalue weighted by Crippen LogP contribution is -2.58. The second-order valence-corrected chi connectivity index (χ2v) is 11.0. The number of nitrogens with two attached hydrogens (primary N) is 1. The van der Waals surface area contributed by atoms with E-state index in [1.165, 1.54) is 30.8 Å². The van der Waals surface area contributed by atoms with E-state index in [2.05, 4.69) is 20.9 Å². The number of phenols is 1. The van der Waals surface area contributed by atoms with Gasteiger partial charge in [-0.2, -0.15) is 11.8 Å². The van der Waals surface area contributed by atoms with E-state index in [1.807, 2.05) is 30.5 Å². The van der Waals surface area contributed by atoms with Crippen molar-refractivity contribution in [1.82, 2.24) is 20.9 Å². The van der Waals surface area contributed by atoms with Gasteiger partial charge in [0.25, 0.3) is 0 Å². The molecule has 0 aliphatic heterocycles. The first kappa shape index (κ1) is 32.4. The molecule has 226 valence electrons. The zero-order valence-corrected chi connectivity index (χ0v) is 24.2. The van der Waals surface area contributed by atoms with E-state index < -0.39 is 54.0 Å². The largest absolute Gasteiger partial charge is 0.508 e. The first-order valence-corrected chi connectivity index (χ1v) is 14.8. The van der Waals surface area contributed by atoms with Crippen molar-refractivity contribution in [2.24, 2.45) is 5.73 Å². The van der Waals surface area contributed by atoms with Crippen LogP contribution in [0.2, 0.25) is 0 Å². The summed E-state index contributed by atoms with van der Waals surface area (Å²) in [5.41, 5.74) is 8.48. The molecule has 0 aliphatic carbocycles. The minimum absolute atomic E-state index is 0.0791. The number of aromatic amines is 1. The summed E-state index contributed by atoms with van der Waals surface area (Å²) in [6.07, 6.45) is 2.61. The molecule has 3 aromatic rings. The fraction of sp³-hybridized carbons (Fsp3) is 0.379. The molecule has 13 heteroatoms. The van der Waals surface area contributed by atoms with Crippen molar-refractivity contribution in [1.29, 1.82) is 0 Å². The van der Waals surface area contributed by atoms with E-state index in [0.717, 1.165) is 16.5 Å². The van der Waals surface area contributed by atoms with Crippen molar-refractivity contribution < 1.29 is 34.5 Å². The van der Waals surface area contributed by atoms with Crippen LogP contribution in [-0.2, 0) is 32.0 Å². The number of aliphatic carboxylic acids is 1. The highest BCUT2D eigenvalue weighted by atomic mass is 32.2. The molecule has 9 N–H and O–H groups in total. The molecule has 0 aliphatic rings. The van der Waals surface area contributed by atoms with Gasteiger partial charge in [-0.05, 0) is 61.1 Å². The second kappa shape index (κ2) is 15.2. The van der Waals surface area contributed by atoms with E-state index in [4.69, 9.17) is 5.73 Å². The molecule has 2 aromatic carbocycles. The number of carboxylic acid groups (broad SMARTS) is 1. The maximum atomic E-state index is 13.6. The molecule has 42 heavy (non-hydrogen) atoms. The number of fused-ring (bicyclic) bond motifs is 1. The molecule has 5 atom stereocenters. The zero-order chi connectivity index (χ0) is 30.8. The summed E-state index contributed by atoms with van der Waals surface area (Å²) in [6, 6.07) is 8.91. The summed E-state index contributed by atoms with van der Waals surface area (Å²) in [7, 11) is 0. The number of phenolic OH excluding ortho intramolecular Hbond substituents is 1. The molecular formula is C29H37N5O7S. The smallest absolute Gasteiger partial charge is 0.328 e. The van der Waals surface area contributed by atoms with Crippen molar-refractivity contribution in [3.05, 3.63) is 65.9 Å². The highest BCUT2D eigenvalue weighted by Crippen LogP contribution is 2.19. The average molecular weight is 600 g/mol. The molecule has 0 saturated heterocycles. The quantitative estimate of drug-likeness (QED) is 0.123. The molecular weight excluding hydrogens is 562 g/mol. The average Bonchev–Trinajstić information content (AvgIpc) is 3.36. The minimum atomic E-state index is -1.56. The predicted molar refractivity (Wildman–Crippen MR) is 160 cm³/mol. The maximum absolute atomic E-state index is 13.6. The SMILES string of the molecule is CSCCC(NC(=O)C(Cc1c[nH]c2ccccc12)NC(=O)C(N)Cc1ccc(O)cc1)C(=O)NC(C(=O)O)C(C)O. The number of para-hydroxylation sites is 1. The van der Waals surface area contributed by atoms with Crippen LogP contribution in [-0.4, -0.2) is 86.3 Å². The van der Waals surface area contributed by atoms with Crippen LogP contribution in [0.15, 0.2) is 54.7 Å². The van der Waals surface area contributed by atoms with Crippen LogP contribution in [0.5, 0.6) is 5.75 Å². The lowest BCUT2D eigenvalue weighted by molar-refractivity contribution is -0.145. The molecule has 3 rings (SSSR count). The van der Waals surface area contributed by atoms with Crippen LogP contribution in [0.1, 0.15) is 24.5 Å². The number of aromatic hydroxyl groups is 1. The van der Waals surface area contributed by atoms with Gasteiger partial charge < -0.3 is 42.0 Å². The summed E-state index contributed by atoms with van der Waals surface area (Å²) in [6.45, 7) is 1.24. The highest BCUT2D eigenvalue weighted by Gasteiger charge is 2.32. The van der Waals surface area contributed by atoms with Crippen LogP contribution in [0, 0.1) is 0 Å². The van der Waals surface area contributed by atoms with E-state index in [1.54, 1.807) is 18.3 Å². The molecule has 0 fully saturated rings. The summed E-state index contributed by atoms with van der Waals surface area (Å²) in [5.74, 6) is -2.88. The summed E-state index contributed by atoms with van der Waals surface area (Å²) in [4.78, 5) is 54.5. The van der Waals surface area contributed by atoms with Crippen molar-refractivity contribution in [2.75, 3.05) is 12.0 Å². The zero-order valence-electron chi connectivity index (χ0n) is 23.4. The number of hydrogen-bond acceptors (Lipinski definition) is 8. The molecule has 0 bridgehead atoms. The Morgan fingerprint density at radius 1 is 0.929 bits per heavy atom. The number of amides is 3. The number of carbonyl (C=O) groups is 4. The number of rotatable bonds is 15. The summed E-state index contributed by atoms with van der Waals surface area (Å²) < 4.78 is 0. The Morgan fingerprint density at radius 3 is 2.21 bits per heavy atom. The van der Waals surface area contributed by atoms with Gasteiger partial charge in [0.2, 0.25) is 17.7 Å². The van der Waals surface area contributed by atoms with Crippen molar-refractivity contribution in [3.8, 4) is 5.75 Å². The molecule has 1 aromatic heterocycles. The van der Waals surface area contributed by atoms with Crippen LogP contribution >= 0.6 is 11.8 Å². The molecule has 1 heterocycles. The van der Waals surface area contributed by atoms with Crippen LogP contribution in [0.25, 0.3) is 10.9 Å². The fourth-order valence-corrected chi connectivity index (χ4v) is 4.88. The standard InChI is InChI=1S/C29H37N5O7S/c1-16(35)25(29(40)41)34-27(38)23(11-12-42-2)32-28(39)24(14-18-15-31-22-6-4-3-5-20(18)22)33-26(37)21(30)13-17-7-9-19(36)10-8-17/h3-10,15-16,21,23-25,31,35-36H,11-14,30H2,1-2H3,(H,32,39)(H,33,37)(H,34,38)(H,40,41). The third-order valence-corrected chi connectivity index (χ3v) is 7.39. The van der Waals surface area contributed by atoms with Crippen molar-refractivity contribution >= 4 is 46.4 Å². The van der Waals surface area contributed by atoms with E-state index in [0.29, 0.717) is 11.3 Å². The predicted octanol–water partition coefficient (Wildman–Crippen LogP) is 0.659. The Hall–Kier alpha value is -4.07. The molecule has 12 nitrogen and oxygen atoms in total. The van der Waals surface area contributed by atoms with Crippen LogP contribution in [0.3, 0.4) is 0 Å². The van der Waals surface area contributed by atoms with Crippen molar-refractivity contribution in [2.45, 2.75) is 56.5 Å². The van der Waals surface area contributed by atoms with Gasteiger partial charge in [0.1, 0.15) is 17.8 Å². The van der Waals surface area contributed by atoms with Gasteiger partial charge in [-0.1, -0.05) is 30.3 Å².